The fourth-order valence-corrected chi connectivity index (χ4v) is 0.848. The summed E-state index contributed by atoms with van der Waals surface area (Å²) in [7, 11) is 0. The Kier molecular flexibility index (Phi) is 4.59. The van der Waals surface area contributed by atoms with E-state index in [2.05, 4.69) is 5.32 Å². The molecule has 0 radical (unpaired) electrons. The van der Waals surface area contributed by atoms with E-state index in [-0.39, 0.29) is 23.4 Å². The minimum atomic E-state index is -0.333. The highest BCUT2D eigenvalue weighted by molar-refractivity contribution is 5.79. The molecule has 3 heteroatoms. The number of hydrogen-bond donors (Lipinski definition) is 2. The lowest BCUT2D eigenvalue weighted by Crippen LogP contribution is -2.56. The number of hydrogen-bond acceptors (Lipinski definition) is 2. The van der Waals surface area contributed by atoms with Crippen LogP contribution in [-0.2, 0) is 4.79 Å². The van der Waals surface area contributed by atoms with E-state index in [0.717, 1.165) is 0 Å². The molecule has 0 aliphatic carbocycles. The summed E-state index contributed by atoms with van der Waals surface area (Å²) < 4.78 is 0. The van der Waals surface area contributed by atoms with E-state index in [4.69, 9.17) is 5.73 Å². The van der Waals surface area contributed by atoms with Crippen LogP contribution in [0.15, 0.2) is 0 Å². The van der Waals surface area contributed by atoms with Crippen molar-refractivity contribution in [1.29, 1.82) is 0 Å². The van der Waals surface area contributed by atoms with Crippen molar-refractivity contribution in [2.24, 2.45) is 17.6 Å². The second-order valence-electron chi connectivity index (χ2n) is 5.03. The van der Waals surface area contributed by atoms with Crippen molar-refractivity contribution < 1.29 is 4.79 Å². The Morgan fingerprint density at radius 1 is 1.21 bits per heavy atom. The van der Waals surface area contributed by atoms with Crippen molar-refractivity contribution in [3.8, 4) is 0 Å². The maximum absolute atomic E-state index is 11.7. The molecule has 0 aliphatic rings. The molecule has 0 heterocycles. The van der Waals surface area contributed by atoms with Gasteiger partial charge in [0.1, 0.15) is 0 Å². The van der Waals surface area contributed by atoms with E-state index in [1.54, 1.807) is 0 Å². The lowest BCUT2D eigenvalue weighted by Gasteiger charge is -2.32. The molecule has 2 unspecified atom stereocenters. The SMILES string of the molecule is CC(C)C(C)C(=O)NC(C)(C)C(C)N. The molecule has 0 saturated carbocycles. The third kappa shape index (κ3) is 3.66. The molecular formula is C11H24N2O. The molecule has 0 aromatic heterocycles. The van der Waals surface area contributed by atoms with Crippen molar-refractivity contribution in [3.05, 3.63) is 0 Å². The topological polar surface area (TPSA) is 55.1 Å². The van der Waals surface area contributed by atoms with E-state index in [1.807, 2.05) is 41.5 Å². The molecule has 3 N–H and O–H groups in total. The van der Waals surface area contributed by atoms with Crippen LogP contribution in [0.4, 0.5) is 0 Å². The lowest BCUT2D eigenvalue weighted by molar-refractivity contribution is -0.127. The van der Waals surface area contributed by atoms with Gasteiger partial charge in [0.05, 0.1) is 0 Å². The summed E-state index contributed by atoms with van der Waals surface area (Å²) in [6, 6.07) is -0.0502. The first-order valence-corrected chi connectivity index (χ1v) is 5.26. The Bertz CT molecular complexity index is 197. The molecule has 14 heavy (non-hydrogen) atoms. The van der Waals surface area contributed by atoms with Crippen LogP contribution in [0.3, 0.4) is 0 Å². The zero-order valence-corrected chi connectivity index (χ0v) is 10.2. The van der Waals surface area contributed by atoms with Gasteiger partial charge in [0.2, 0.25) is 5.91 Å². The third-order valence-electron chi connectivity index (χ3n) is 3.00. The summed E-state index contributed by atoms with van der Waals surface area (Å²) in [4.78, 5) is 11.7. The fourth-order valence-electron chi connectivity index (χ4n) is 0.848. The standard InChI is InChI=1S/C11H24N2O/c1-7(2)8(3)10(14)13-11(5,6)9(4)12/h7-9H,12H2,1-6H3,(H,13,14). The smallest absolute Gasteiger partial charge is 0.223 e. The van der Waals surface area contributed by atoms with E-state index in [0.29, 0.717) is 5.92 Å². The van der Waals surface area contributed by atoms with E-state index < -0.39 is 0 Å². The predicted octanol–water partition coefficient (Wildman–Crippen LogP) is 1.52. The first-order chi connectivity index (χ1) is 6.18. The molecule has 0 aliphatic heterocycles. The maximum atomic E-state index is 11.7. The zero-order valence-electron chi connectivity index (χ0n) is 10.2. The highest BCUT2D eigenvalue weighted by Crippen LogP contribution is 2.13. The van der Waals surface area contributed by atoms with E-state index >= 15 is 0 Å². The largest absolute Gasteiger partial charge is 0.349 e. The molecular weight excluding hydrogens is 176 g/mol. The van der Waals surface area contributed by atoms with Crippen LogP contribution in [0.2, 0.25) is 0 Å². The van der Waals surface area contributed by atoms with Gasteiger partial charge >= 0.3 is 0 Å². The molecule has 84 valence electrons. The van der Waals surface area contributed by atoms with E-state index in [1.165, 1.54) is 0 Å². The van der Waals surface area contributed by atoms with Gasteiger partial charge in [-0.05, 0) is 26.7 Å². The number of nitrogens with one attached hydrogen (secondary N) is 1. The molecule has 0 bridgehead atoms. The zero-order chi connectivity index (χ0) is 11.5. The van der Waals surface area contributed by atoms with Crippen LogP contribution >= 0.6 is 0 Å². The summed E-state index contributed by atoms with van der Waals surface area (Å²) in [6.45, 7) is 11.8. The van der Waals surface area contributed by atoms with Crippen molar-refractivity contribution in [3.63, 3.8) is 0 Å². The molecule has 0 saturated heterocycles. The molecule has 3 nitrogen and oxygen atoms in total. The van der Waals surface area contributed by atoms with Gasteiger partial charge in [0.15, 0.2) is 0 Å². The third-order valence-corrected chi connectivity index (χ3v) is 3.00. The molecule has 0 fully saturated rings. The fraction of sp³-hybridized carbons (Fsp3) is 0.909. The molecule has 2 atom stereocenters. The van der Waals surface area contributed by atoms with Gasteiger partial charge in [-0.25, -0.2) is 0 Å². The van der Waals surface area contributed by atoms with Crippen LogP contribution in [0.5, 0.6) is 0 Å². The van der Waals surface area contributed by atoms with Gasteiger partial charge in [-0.2, -0.15) is 0 Å². The van der Waals surface area contributed by atoms with Crippen LogP contribution in [0.25, 0.3) is 0 Å². The summed E-state index contributed by atoms with van der Waals surface area (Å²) in [6.07, 6.45) is 0. The van der Waals surface area contributed by atoms with Crippen molar-refractivity contribution in [1.82, 2.24) is 5.32 Å². The van der Waals surface area contributed by atoms with Crippen LogP contribution in [0, 0.1) is 11.8 Å². The van der Waals surface area contributed by atoms with Crippen LogP contribution in [0.1, 0.15) is 41.5 Å². The number of rotatable bonds is 4. The van der Waals surface area contributed by atoms with Gasteiger partial charge in [0, 0.05) is 17.5 Å². The van der Waals surface area contributed by atoms with Gasteiger partial charge in [-0.1, -0.05) is 20.8 Å². The lowest BCUT2D eigenvalue weighted by atomic mass is 9.92. The van der Waals surface area contributed by atoms with Crippen LogP contribution < -0.4 is 11.1 Å². The quantitative estimate of drug-likeness (QED) is 0.723. The van der Waals surface area contributed by atoms with Gasteiger partial charge < -0.3 is 11.1 Å². The number of carbonyl (C=O) groups is 1. The van der Waals surface area contributed by atoms with Crippen molar-refractivity contribution >= 4 is 5.91 Å². The number of amides is 1. The molecule has 0 aromatic carbocycles. The molecule has 0 aromatic rings. The number of nitrogens with two attached hydrogens (primary N) is 1. The van der Waals surface area contributed by atoms with E-state index in [9.17, 15) is 4.79 Å². The maximum Gasteiger partial charge on any atom is 0.223 e. The van der Waals surface area contributed by atoms with Crippen LogP contribution in [-0.4, -0.2) is 17.5 Å². The Hall–Kier alpha value is -0.570. The second-order valence-corrected chi connectivity index (χ2v) is 5.03. The predicted molar refractivity (Wildman–Crippen MR) is 59.9 cm³/mol. The molecule has 1 amide bonds. The highest BCUT2D eigenvalue weighted by atomic mass is 16.2. The first kappa shape index (κ1) is 13.4. The molecule has 0 spiro atoms. The normalized spacial score (nSPS) is 16.6. The summed E-state index contributed by atoms with van der Waals surface area (Å²) >= 11 is 0. The minimum absolute atomic E-state index is 0.0352. The summed E-state index contributed by atoms with van der Waals surface area (Å²) in [5.74, 6) is 0.481. The molecule has 0 rings (SSSR count). The highest BCUT2D eigenvalue weighted by Gasteiger charge is 2.27. The first-order valence-electron chi connectivity index (χ1n) is 5.26. The average molecular weight is 200 g/mol. The average Bonchev–Trinajstić information content (AvgIpc) is 2.01. The monoisotopic (exact) mass is 200 g/mol. The van der Waals surface area contributed by atoms with Gasteiger partial charge in [0.25, 0.3) is 0 Å². The minimum Gasteiger partial charge on any atom is -0.349 e. The second kappa shape index (κ2) is 4.78. The van der Waals surface area contributed by atoms with Crippen molar-refractivity contribution in [2.75, 3.05) is 0 Å². The Morgan fingerprint density at radius 3 is 1.93 bits per heavy atom. The summed E-state index contributed by atoms with van der Waals surface area (Å²) in [5.41, 5.74) is 5.45. The Labute approximate surface area is 87.4 Å². The van der Waals surface area contributed by atoms with Gasteiger partial charge in [-0.3, -0.25) is 4.79 Å². The Balaban J connectivity index is 4.32. The Morgan fingerprint density at radius 2 is 1.64 bits per heavy atom. The van der Waals surface area contributed by atoms with Gasteiger partial charge in [-0.15, -0.1) is 0 Å². The van der Waals surface area contributed by atoms with Crippen molar-refractivity contribution in [2.45, 2.75) is 53.1 Å². The number of carbonyl (C=O) groups excluding carboxylic acids is 1. The summed E-state index contributed by atoms with van der Waals surface area (Å²) in [5, 5.41) is 2.97.